The van der Waals surface area contributed by atoms with Crippen molar-refractivity contribution in [3.05, 3.63) is 58.0 Å². The van der Waals surface area contributed by atoms with Crippen LogP contribution in [0.15, 0.2) is 57.5 Å². The van der Waals surface area contributed by atoms with Gasteiger partial charge in [0.2, 0.25) is 0 Å². The first kappa shape index (κ1) is 18.3. The molecule has 1 fully saturated rings. The maximum Gasteiger partial charge on any atom is 0.146 e. The zero-order valence-electron chi connectivity index (χ0n) is 13.9. The predicted molar refractivity (Wildman–Crippen MR) is 108 cm³/mol. The highest BCUT2D eigenvalue weighted by molar-refractivity contribution is 14.1. The topological polar surface area (TPSA) is 69.2 Å². The number of hydrogen-bond donors (Lipinski definition) is 0. The zero-order chi connectivity index (χ0) is 16.4. The van der Waals surface area contributed by atoms with Gasteiger partial charge in [-0.3, -0.25) is 9.99 Å². The van der Waals surface area contributed by atoms with Crippen LogP contribution in [0.1, 0.15) is 24.8 Å². The van der Waals surface area contributed by atoms with Crippen LogP contribution in [-0.2, 0) is 4.74 Å². The van der Waals surface area contributed by atoms with Crippen molar-refractivity contribution in [2.24, 2.45) is 11.0 Å². The molecule has 4 rings (SSSR count). The van der Waals surface area contributed by atoms with Gasteiger partial charge in [-0.1, -0.05) is 18.2 Å². The van der Waals surface area contributed by atoms with Gasteiger partial charge in [0.1, 0.15) is 6.23 Å². The second-order valence-electron chi connectivity index (χ2n) is 6.27. The minimum absolute atomic E-state index is 0. The Balaban J connectivity index is 0.00000182. The molecule has 1 aliphatic carbocycles. The van der Waals surface area contributed by atoms with Gasteiger partial charge in [0.05, 0.1) is 11.8 Å². The molecule has 3 atom stereocenters. The number of aromatic nitrogens is 1. The molecule has 0 spiro atoms. The van der Waals surface area contributed by atoms with E-state index in [0.717, 1.165) is 30.7 Å². The third-order valence-electron chi connectivity index (χ3n) is 4.64. The van der Waals surface area contributed by atoms with Crippen LogP contribution in [0.25, 0.3) is 6.08 Å². The standard InChI is InChI=1S/C19H20IN3O.H2O/c20-15-5-6-16-17(7-4-14-8-10-21-11-9-14)22-23(18(16)13-15)19-3-1-2-12-24-19;/h4-11,13,16,18-19H,1-3,12H2;1H2/b7-4+;. The van der Waals surface area contributed by atoms with E-state index in [4.69, 9.17) is 9.84 Å². The molecule has 0 bridgehead atoms. The Hall–Kier alpha value is -1.51. The van der Waals surface area contributed by atoms with E-state index in [1.54, 1.807) is 0 Å². The Labute approximate surface area is 161 Å². The monoisotopic (exact) mass is 451 g/mol. The fraction of sp³-hybridized carbons (Fsp3) is 0.368. The fourth-order valence-electron chi connectivity index (χ4n) is 3.40. The SMILES string of the molecule is IC1=CC2C(C=C1)C(/C=C/c1ccncc1)=NN2C1CCCCO1.O. The van der Waals surface area contributed by atoms with Gasteiger partial charge in [0.25, 0.3) is 0 Å². The molecule has 5 nitrogen and oxygen atoms in total. The van der Waals surface area contributed by atoms with E-state index in [9.17, 15) is 0 Å². The number of halogens is 1. The fourth-order valence-corrected chi connectivity index (χ4v) is 3.98. The summed E-state index contributed by atoms with van der Waals surface area (Å²) in [6, 6.07) is 4.28. The third kappa shape index (κ3) is 4.02. The maximum atomic E-state index is 5.99. The summed E-state index contributed by atoms with van der Waals surface area (Å²) in [5.41, 5.74) is 2.24. The van der Waals surface area contributed by atoms with Crippen LogP contribution in [0, 0.1) is 5.92 Å². The number of fused-ring (bicyclic) bond motifs is 1. The van der Waals surface area contributed by atoms with Gasteiger partial charge in [-0.05, 0) is 71.7 Å². The van der Waals surface area contributed by atoms with Crippen LogP contribution in [0.5, 0.6) is 0 Å². The lowest BCUT2D eigenvalue weighted by molar-refractivity contribution is -0.0929. The second kappa shape index (κ2) is 8.25. The summed E-state index contributed by atoms with van der Waals surface area (Å²) >= 11 is 2.38. The normalized spacial score (nSPS) is 28.4. The molecule has 3 aliphatic rings. The largest absolute Gasteiger partial charge is 0.412 e. The molecule has 2 aliphatic heterocycles. The first-order chi connectivity index (χ1) is 11.8. The number of nitrogens with zero attached hydrogens (tertiary/aromatic N) is 3. The molecule has 1 aromatic rings. The summed E-state index contributed by atoms with van der Waals surface area (Å²) in [5, 5.41) is 7.11. The molecule has 3 heterocycles. The number of rotatable bonds is 3. The van der Waals surface area contributed by atoms with Crippen LogP contribution < -0.4 is 0 Å². The molecular weight excluding hydrogens is 429 g/mol. The Morgan fingerprint density at radius 1 is 1.20 bits per heavy atom. The predicted octanol–water partition coefficient (Wildman–Crippen LogP) is 3.34. The van der Waals surface area contributed by atoms with Gasteiger partial charge < -0.3 is 10.2 Å². The summed E-state index contributed by atoms with van der Waals surface area (Å²) in [4.78, 5) is 4.06. The molecule has 6 heteroatoms. The van der Waals surface area contributed by atoms with Crippen molar-refractivity contribution in [1.29, 1.82) is 0 Å². The lowest BCUT2D eigenvalue weighted by atomic mass is 9.91. The second-order valence-corrected chi connectivity index (χ2v) is 7.51. The maximum absolute atomic E-state index is 5.99. The van der Waals surface area contributed by atoms with Crippen LogP contribution >= 0.6 is 22.6 Å². The van der Waals surface area contributed by atoms with Crippen molar-refractivity contribution in [3.8, 4) is 0 Å². The van der Waals surface area contributed by atoms with E-state index >= 15 is 0 Å². The van der Waals surface area contributed by atoms with Crippen LogP contribution in [0.3, 0.4) is 0 Å². The average Bonchev–Trinajstić information content (AvgIpc) is 2.99. The van der Waals surface area contributed by atoms with Crippen molar-refractivity contribution < 1.29 is 10.2 Å². The van der Waals surface area contributed by atoms with Gasteiger partial charge in [0.15, 0.2) is 0 Å². The third-order valence-corrected chi connectivity index (χ3v) is 5.36. The van der Waals surface area contributed by atoms with E-state index < -0.39 is 0 Å². The van der Waals surface area contributed by atoms with Gasteiger partial charge >= 0.3 is 0 Å². The van der Waals surface area contributed by atoms with Gasteiger partial charge in [-0.2, -0.15) is 5.10 Å². The van der Waals surface area contributed by atoms with Gasteiger partial charge in [0, 0.05) is 28.5 Å². The summed E-state index contributed by atoms with van der Waals surface area (Å²) in [7, 11) is 0. The first-order valence-electron chi connectivity index (χ1n) is 8.43. The van der Waals surface area contributed by atoms with E-state index in [2.05, 4.69) is 63.0 Å². The number of hydrogen-bond acceptors (Lipinski definition) is 4. The Bertz CT molecular complexity index is 709. The van der Waals surface area contributed by atoms with Crippen LogP contribution in [0.2, 0.25) is 0 Å². The van der Waals surface area contributed by atoms with Crippen LogP contribution in [-0.4, -0.2) is 40.1 Å². The highest BCUT2D eigenvalue weighted by Crippen LogP contribution is 2.35. The number of pyridine rings is 1. The lowest BCUT2D eigenvalue weighted by Gasteiger charge is -2.35. The van der Waals surface area contributed by atoms with E-state index in [1.165, 1.54) is 10.0 Å². The smallest absolute Gasteiger partial charge is 0.146 e. The summed E-state index contributed by atoms with van der Waals surface area (Å²) in [6.45, 7) is 0.840. The Morgan fingerprint density at radius 2 is 2.04 bits per heavy atom. The molecule has 1 aromatic heterocycles. The molecule has 25 heavy (non-hydrogen) atoms. The lowest BCUT2D eigenvalue weighted by Crippen LogP contribution is -2.42. The molecular formula is C19H22IN3O2. The van der Waals surface area contributed by atoms with Crippen LogP contribution in [0.4, 0.5) is 0 Å². The summed E-state index contributed by atoms with van der Waals surface area (Å²) < 4.78 is 7.26. The molecule has 2 N–H and O–H groups in total. The van der Waals surface area contributed by atoms with E-state index in [-0.39, 0.29) is 17.7 Å². The molecule has 132 valence electrons. The molecule has 0 radical (unpaired) electrons. The van der Waals surface area contributed by atoms with Crippen molar-refractivity contribution in [3.63, 3.8) is 0 Å². The minimum atomic E-state index is 0. The summed E-state index contributed by atoms with van der Waals surface area (Å²) in [5.74, 6) is 0.298. The molecule has 0 amide bonds. The van der Waals surface area contributed by atoms with Gasteiger partial charge in [-0.25, -0.2) is 0 Å². The first-order valence-corrected chi connectivity index (χ1v) is 9.51. The highest BCUT2D eigenvalue weighted by atomic mass is 127. The number of allylic oxidation sites excluding steroid dienone is 3. The quantitative estimate of drug-likeness (QED) is 0.663. The van der Waals surface area contributed by atoms with Gasteiger partial charge in [-0.15, -0.1) is 0 Å². The zero-order valence-corrected chi connectivity index (χ0v) is 16.0. The number of ether oxygens (including phenoxy) is 1. The number of hydrazone groups is 1. The highest BCUT2D eigenvalue weighted by Gasteiger charge is 2.39. The van der Waals surface area contributed by atoms with Crippen molar-refractivity contribution >= 4 is 34.4 Å². The molecule has 3 unspecified atom stereocenters. The van der Waals surface area contributed by atoms with E-state index in [1.807, 2.05) is 24.5 Å². The average molecular weight is 451 g/mol. The van der Waals surface area contributed by atoms with Crippen molar-refractivity contribution in [1.82, 2.24) is 9.99 Å². The molecule has 0 aromatic carbocycles. The minimum Gasteiger partial charge on any atom is -0.412 e. The van der Waals surface area contributed by atoms with E-state index in [0.29, 0.717) is 5.92 Å². The Kier molecular flexibility index (Phi) is 6.03. The molecule has 0 saturated carbocycles. The summed E-state index contributed by atoms with van der Waals surface area (Å²) in [6.07, 6.45) is 18.2. The van der Waals surface area contributed by atoms with Crippen molar-refractivity contribution in [2.75, 3.05) is 6.61 Å². The van der Waals surface area contributed by atoms with Crippen molar-refractivity contribution in [2.45, 2.75) is 31.5 Å². The Morgan fingerprint density at radius 3 is 2.80 bits per heavy atom. The molecule has 1 saturated heterocycles.